The smallest absolute Gasteiger partial charge is 0.192 e. The molecule has 0 radical (unpaired) electrons. The van der Waals surface area contributed by atoms with Gasteiger partial charge in [-0.2, -0.15) is 0 Å². The summed E-state index contributed by atoms with van der Waals surface area (Å²) in [5.74, 6) is 1.87. The highest BCUT2D eigenvalue weighted by Crippen LogP contribution is 2.46. The highest BCUT2D eigenvalue weighted by molar-refractivity contribution is 6.74. The molecular formula is C19H33NO3Si. The third-order valence-corrected chi connectivity index (χ3v) is 11.1. The van der Waals surface area contributed by atoms with Crippen molar-refractivity contribution in [1.29, 1.82) is 0 Å². The summed E-state index contributed by atoms with van der Waals surface area (Å²) < 4.78 is 12.2. The second kappa shape index (κ2) is 5.97. The molecule has 0 amide bonds. The zero-order chi connectivity index (χ0) is 17.8. The normalized spacial score (nSPS) is 33.9. The molecule has 2 bridgehead atoms. The van der Waals surface area contributed by atoms with Crippen molar-refractivity contribution in [3.05, 3.63) is 23.7 Å². The lowest BCUT2D eigenvalue weighted by atomic mass is 9.71. The Labute approximate surface area is 147 Å². The summed E-state index contributed by atoms with van der Waals surface area (Å²) >= 11 is 0. The molecule has 4 heterocycles. The summed E-state index contributed by atoms with van der Waals surface area (Å²) in [7, 11) is -1.72. The number of aryl methyl sites for hydroxylation is 1. The summed E-state index contributed by atoms with van der Waals surface area (Å²) in [5, 5.41) is 11.5. The predicted molar refractivity (Wildman–Crippen MR) is 98.6 cm³/mol. The van der Waals surface area contributed by atoms with Crippen LogP contribution in [-0.2, 0) is 10.0 Å². The van der Waals surface area contributed by atoms with Gasteiger partial charge < -0.3 is 13.9 Å². The van der Waals surface area contributed by atoms with Crippen molar-refractivity contribution in [2.75, 3.05) is 19.7 Å². The lowest BCUT2D eigenvalue weighted by molar-refractivity contribution is -0.154. The molecule has 0 aliphatic carbocycles. The third kappa shape index (κ3) is 3.12. The van der Waals surface area contributed by atoms with Crippen molar-refractivity contribution >= 4 is 8.32 Å². The molecule has 3 fully saturated rings. The molecule has 0 aromatic carbocycles. The van der Waals surface area contributed by atoms with E-state index in [1.54, 1.807) is 0 Å². The Bertz CT molecular complexity index is 592. The number of piperidine rings is 3. The first-order valence-corrected chi connectivity index (χ1v) is 12.1. The quantitative estimate of drug-likeness (QED) is 0.836. The molecule has 0 saturated carbocycles. The first-order valence-electron chi connectivity index (χ1n) is 9.20. The van der Waals surface area contributed by atoms with Crippen LogP contribution in [0.2, 0.25) is 18.1 Å². The van der Waals surface area contributed by atoms with Gasteiger partial charge in [-0.25, -0.2) is 0 Å². The van der Waals surface area contributed by atoms with E-state index in [0.717, 1.165) is 37.5 Å². The Morgan fingerprint density at radius 1 is 1.38 bits per heavy atom. The van der Waals surface area contributed by atoms with E-state index in [2.05, 4.69) is 38.8 Å². The van der Waals surface area contributed by atoms with Crippen molar-refractivity contribution in [1.82, 2.24) is 4.90 Å². The van der Waals surface area contributed by atoms with Crippen LogP contribution in [0.15, 0.2) is 16.5 Å². The van der Waals surface area contributed by atoms with E-state index >= 15 is 0 Å². The van der Waals surface area contributed by atoms with Gasteiger partial charge in [-0.1, -0.05) is 20.8 Å². The molecule has 3 aliphatic rings. The van der Waals surface area contributed by atoms with Gasteiger partial charge in [0, 0.05) is 19.2 Å². The number of furan rings is 1. The number of rotatable bonds is 4. The van der Waals surface area contributed by atoms with Crippen molar-refractivity contribution in [3.63, 3.8) is 0 Å². The largest absolute Gasteiger partial charge is 0.463 e. The van der Waals surface area contributed by atoms with E-state index in [1.807, 2.05) is 19.1 Å². The Hall–Kier alpha value is -0.623. The maximum Gasteiger partial charge on any atom is 0.192 e. The molecule has 0 spiro atoms. The van der Waals surface area contributed by atoms with E-state index in [4.69, 9.17) is 8.84 Å². The van der Waals surface area contributed by atoms with Crippen LogP contribution in [-0.4, -0.2) is 44.1 Å². The molecule has 1 N–H and O–H groups in total. The first kappa shape index (κ1) is 18.2. The van der Waals surface area contributed by atoms with Crippen LogP contribution < -0.4 is 0 Å². The number of aliphatic hydroxyl groups is 1. The minimum absolute atomic E-state index is 0.239. The molecule has 4 atom stereocenters. The Balaban J connectivity index is 1.68. The molecule has 136 valence electrons. The van der Waals surface area contributed by atoms with Crippen molar-refractivity contribution in [2.24, 2.45) is 5.92 Å². The molecule has 1 aromatic heterocycles. The summed E-state index contributed by atoms with van der Waals surface area (Å²) in [4.78, 5) is 2.41. The van der Waals surface area contributed by atoms with Gasteiger partial charge in [-0.15, -0.1) is 0 Å². The molecule has 1 aromatic rings. The third-order valence-electron chi connectivity index (χ3n) is 6.57. The Kier molecular flexibility index (Phi) is 4.52. The van der Waals surface area contributed by atoms with Crippen molar-refractivity contribution in [3.8, 4) is 0 Å². The summed E-state index contributed by atoms with van der Waals surface area (Å²) in [6.45, 7) is 15.9. The maximum atomic E-state index is 11.3. The fourth-order valence-electron chi connectivity index (χ4n) is 3.82. The minimum Gasteiger partial charge on any atom is -0.463 e. The Morgan fingerprint density at radius 2 is 2.08 bits per heavy atom. The van der Waals surface area contributed by atoms with Crippen LogP contribution >= 0.6 is 0 Å². The molecule has 5 heteroatoms. The van der Waals surface area contributed by atoms with Gasteiger partial charge in [0.05, 0.1) is 0 Å². The van der Waals surface area contributed by atoms with Gasteiger partial charge in [0.1, 0.15) is 17.1 Å². The lowest BCUT2D eigenvalue weighted by Gasteiger charge is -2.54. The van der Waals surface area contributed by atoms with Crippen LogP contribution in [0, 0.1) is 12.8 Å². The van der Waals surface area contributed by atoms with Crippen LogP contribution in [0.1, 0.15) is 45.1 Å². The van der Waals surface area contributed by atoms with Gasteiger partial charge in [-0.3, -0.25) is 4.90 Å². The molecule has 3 aliphatic heterocycles. The molecule has 4 rings (SSSR count). The van der Waals surface area contributed by atoms with Crippen LogP contribution in [0.25, 0.3) is 0 Å². The molecule has 1 unspecified atom stereocenters. The summed E-state index contributed by atoms with van der Waals surface area (Å²) in [5.41, 5.74) is -0.833. The standard InChI is InChI=1S/C19H33NO3Si/c1-14-7-8-17(23-14)19(21)13-20-10-9-15(19)11-16(20)12-22-24(5,6)18(2,3)4/h7-8,15-16,21H,9-13H2,1-6H3/t15-,16+,19+/m0/s1. The van der Waals surface area contributed by atoms with Gasteiger partial charge in [-0.05, 0) is 62.5 Å². The van der Waals surface area contributed by atoms with Crippen LogP contribution in [0.4, 0.5) is 0 Å². The number of hydrogen-bond donors (Lipinski definition) is 1. The maximum absolute atomic E-state index is 11.3. The second-order valence-electron chi connectivity index (χ2n) is 9.25. The summed E-state index contributed by atoms with van der Waals surface area (Å²) in [6, 6.07) is 4.32. The average Bonchev–Trinajstić information content (AvgIpc) is 2.92. The van der Waals surface area contributed by atoms with Crippen molar-refractivity contribution < 1.29 is 13.9 Å². The Morgan fingerprint density at radius 3 is 2.58 bits per heavy atom. The SMILES string of the molecule is Cc1ccc([C@@]2(O)CN3CC[C@H]2C[C@@H]3CO[Si](C)(C)C(C)(C)C)o1. The van der Waals surface area contributed by atoms with E-state index in [-0.39, 0.29) is 11.0 Å². The fraction of sp³-hybridized carbons (Fsp3) is 0.789. The van der Waals surface area contributed by atoms with Gasteiger partial charge in [0.25, 0.3) is 0 Å². The van der Waals surface area contributed by atoms with E-state index in [1.165, 1.54) is 0 Å². The zero-order valence-corrected chi connectivity index (χ0v) is 17.1. The van der Waals surface area contributed by atoms with Gasteiger partial charge in [0.15, 0.2) is 8.32 Å². The molecule has 4 nitrogen and oxygen atoms in total. The van der Waals surface area contributed by atoms with Crippen molar-refractivity contribution in [2.45, 2.75) is 70.3 Å². The highest BCUT2D eigenvalue weighted by Gasteiger charge is 2.52. The molecular weight excluding hydrogens is 318 g/mol. The monoisotopic (exact) mass is 351 g/mol. The number of nitrogens with zero attached hydrogens (tertiary/aromatic N) is 1. The van der Waals surface area contributed by atoms with E-state index in [0.29, 0.717) is 12.6 Å². The summed E-state index contributed by atoms with van der Waals surface area (Å²) in [6.07, 6.45) is 2.03. The van der Waals surface area contributed by atoms with Crippen LogP contribution in [0.5, 0.6) is 0 Å². The van der Waals surface area contributed by atoms with Crippen LogP contribution in [0.3, 0.4) is 0 Å². The number of hydrogen-bond acceptors (Lipinski definition) is 4. The number of fused-ring (bicyclic) bond motifs is 3. The first-order chi connectivity index (χ1) is 11.0. The van der Waals surface area contributed by atoms with Gasteiger partial charge >= 0.3 is 0 Å². The van der Waals surface area contributed by atoms with E-state index in [9.17, 15) is 5.11 Å². The average molecular weight is 352 g/mol. The fourth-order valence-corrected chi connectivity index (χ4v) is 4.86. The van der Waals surface area contributed by atoms with Gasteiger partial charge in [0.2, 0.25) is 0 Å². The van der Waals surface area contributed by atoms with E-state index < -0.39 is 13.9 Å². The molecule has 3 saturated heterocycles. The molecule has 24 heavy (non-hydrogen) atoms. The minimum atomic E-state index is -1.72. The topological polar surface area (TPSA) is 45.8 Å². The second-order valence-corrected chi connectivity index (χ2v) is 14.1. The zero-order valence-electron chi connectivity index (χ0n) is 16.1. The predicted octanol–water partition coefficient (Wildman–Crippen LogP) is 3.89. The lowest BCUT2D eigenvalue weighted by Crippen LogP contribution is -2.62. The highest BCUT2D eigenvalue weighted by atomic mass is 28.4.